The zero-order valence-electron chi connectivity index (χ0n) is 12.3. The average Bonchev–Trinajstić information content (AvgIpc) is 2.83. The first kappa shape index (κ1) is 14.9. The van der Waals surface area contributed by atoms with Crippen molar-refractivity contribution >= 4 is 5.97 Å². The fourth-order valence-electron chi connectivity index (χ4n) is 3.03. The third-order valence-electron chi connectivity index (χ3n) is 4.23. The molecular weight excluding hydrogens is 254 g/mol. The van der Waals surface area contributed by atoms with Gasteiger partial charge in [0.05, 0.1) is 0 Å². The van der Waals surface area contributed by atoms with Gasteiger partial charge in [0, 0.05) is 6.54 Å². The van der Waals surface area contributed by atoms with Crippen LogP contribution >= 0.6 is 0 Å². The smallest absolute Gasteiger partial charge is 0.324 e. The van der Waals surface area contributed by atoms with E-state index in [2.05, 4.69) is 4.90 Å². The summed E-state index contributed by atoms with van der Waals surface area (Å²) < 4.78 is 5.73. The fourth-order valence-corrected chi connectivity index (χ4v) is 3.03. The second kappa shape index (κ2) is 6.27. The van der Waals surface area contributed by atoms with Crippen LogP contribution in [0.15, 0.2) is 24.3 Å². The van der Waals surface area contributed by atoms with Crippen LogP contribution < -0.4 is 4.74 Å². The second-order valence-corrected chi connectivity index (χ2v) is 5.45. The Morgan fingerprint density at radius 1 is 1.50 bits per heavy atom. The molecule has 0 saturated carbocycles. The van der Waals surface area contributed by atoms with Crippen molar-refractivity contribution < 1.29 is 14.6 Å². The Morgan fingerprint density at radius 2 is 2.30 bits per heavy atom. The van der Waals surface area contributed by atoms with Gasteiger partial charge in [-0.25, -0.2) is 0 Å². The summed E-state index contributed by atoms with van der Waals surface area (Å²) in [6.45, 7) is 6.01. The van der Waals surface area contributed by atoms with Crippen molar-refractivity contribution in [3.05, 3.63) is 29.8 Å². The lowest BCUT2D eigenvalue weighted by molar-refractivity contribution is -0.150. The van der Waals surface area contributed by atoms with Gasteiger partial charge in [-0.05, 0) is 50.4 Å². The van der Waals surface area contributed by atoms with Gasteiger partial charge in [0.15, 0.2) is 0 Å². The van der Waals surface area contributed by atoms with Crippen molar-refractivity contribution in [2.45, 2.75) is 38.6 Å². The summed E-state index contributed by atoms with van der Waals surface area (Å²) >= 11 is 0. The van der Waals surface area contributed by atoms with E-state index >= 15 is 0 Å². The predicted molar refractivity (Wildman–Crippen MR) is 78.1 cm³/mol. The molecule has 0 bridgehead atoms. The molecular formula is C16H23NO3. The van der Waals surface area contributed by atoms with E-state index < -0.39 is 11.5 Å². The van der Waals surface area contributed by atoms with E-state index in [0.717, 1.165) is 30.7 Å². The lowest BCUT2D eigenvalue weighted by Gasteiger charge is -2.33. The summed E-state index contributed by atoms with van der Waals surface area (Å²) in [4.78, 5) is 13.6. The van der Waals surface area contributed by atoms with Crippen molar-refractivity contribution in [2.75, 3.05) is 19.7 Å². The molecule has 20 heavy (non-hydrogen) atoms. The number of ether oxygens (including phenoxy) is 1. The normalized spacial score (nSPS) is 22.9. The highest BCUT2D eigenvalue weighted by atomic mass is 16.5. The molecule has 1 heterocycles. The van der Waals surface area contributed by atoms with Crippen LogP contribution in [0.4, 0.5) is 0 Å². The summed E-state index contributed by atoms with van der Waals surface area (Å²) in [5.74, 6) is 0.148. The molecule has 2 rings (SSSR count). The van der Waals surface area contributed by atoms with Crippen molar-refractivity contribution in [1.29, 1.82) is 0 Å². The van der Waals surface area contributed by atoms with Gasteiger partial charge in [0.2, 0.25) is 0 Å². The van der Waals surface area contributed by atoms with Crippen molar-refractivity contribution in [2.24, 2.45) is 0 Å². The predicted octanol–water partition coefficient (Wildman–Crippen LogP) is 2.70. The van der Waals surface area contributed by atoms with Gasteiger partial charge < -0.3 is 9.84 Å². The number of hydrogen-bond donors (Lipinski definition) is 1. The van der Waals surface area contributed by atoms with E-state index in [9.17, 15) is 9.90 Å². The molecule has 1 fully saturated rings. The lowest BCUT2D eigenvalue weighted by atomic mass is 9.93. The van der Waals surface area contributed by atoms with E-state index in [1.165, 1.54) is 0 Å². The Morgan fingerprint density at radius 3 is 2.95 bits per heavy atom. The molecule has 0 aliphatic carbocycles. The van der Waals surface area contributed by atoms with Crippen molar-refractivity contribution in [3.63, 3.8) is 0 Å². The van der Waals surface area contributed by atoms with Gasteiger partial charge in [-0.2, -0.15) is 0 Å². The quantitative estimate of drug-likeness (QED) is 0.868. The van der Waals surface area contributed by atoms with Crippen LogP contribution in [0.1, 0.15) is 31.7 Å². The fraction of sp³-hybridized carbons (Fsp3) is 0.562. The van der Waals surface area contributed by atoms with Crippen LogP contribution in [0.5, 0.6) is 5.75 Å². The zero-order valence-corrected chi connectivity index (χ0v) is 12.3. The first-order chi connectivity index (χ1) is 9.58. The highest BCUT2D eigenvalue weighted by Crippen LogP contribution is 2.32. The maximum atomic E-state index is 11.6. The minimum Gasteiger partial charge on any atom is -0.492 e. The Balaban J connectivity index is 1.92. The van der Waals surface area contributed by atoms with E-state index in [-0.39, 0.29) is 0 Å². The van der Waals surface area contributed by atoms with E-state index in [4.69, 9.17) is 4.74 Å². The van der Waals surface area contributed by atoms with Gasteiger partial charge in [0.1, 0.15) is 17.9 Å². The molecule has 110 valence electrons. The first-order valence-corrected chi connectivity index (χ1v) is 7.26. The topological polar surface area (TPSA) is 49.8 Å². The van der Waals surface area contributed by atoms with E-state index in [0.29, 0.717) is 19.6 Å². The Labute approximate surface area is 120 Å². The number of carboxylic acids is 1. The van der Waals surface area contributed by atoms with Gasteiger partial charge in [-0.1, -0.05) is 19.1 Å². The van der Waals surface area contributed by atoms with Gasteiger partial charge in [0.25, 0.3) is 0 Å². The van der Waals surface area contributed by atoms with Crippen LogP contribution in [-0.2, 0) is 4.79 Å². The molecule has 1 saturated heterocycles. The molecule has 1 aliphatic heterocycles. The summed E-state index contributed by atoms with van der Waals surface area (Å²) in [6.07, 6.45) is 2.33. The van der Waals surface area contributed by atoms with Crippen LogP contribution in [-0.4, -0.2) is 41.2 Å². The first-order valence-electron chi connectivity index (χ1n) is 7.26. The second-order valence-electron chi connectivity index (χ2n) is 5.45. The van der Waals surface area contributed by atoms with E-state index in [1.54, 1.807) is 0 Å². The van der Waals surface area contributed by atoms with Gasteiger partial charge >= 0.3 is 5.97 Å². The molecule has 1 aliphatic rings. The zero-order chi connectivity index (χ0) is 14.6. The molecule has 0 amide bonds. The summed E-state index contributed by atoms with van der Waals surface area (Å²) in [5.41, 5.74) is 0.479. The molecule has 0 radical (unpaired) electrons. The summed E-state index contributed by atoms with van der Waals surface area (Å²) in [7, 11) is 0. The molecule has 1 aromatic rings. The SMILES string of the molecule is CCC1(C(=O)O)CCCN1CCOc1cccc(C)c1. The van der Waals surface area contributed by atoms with Crippen LogP contribution in [0.2, 0.25) is 0 Å². The third-order valence-corrected chi connectivity index (χ3v) is 4.23. The Hall–Kier alpha value is -1.55. The molecule has 0 spiro atoms. The minimum atomic E-state index is -0.701. The third kappa shape index (κ3) is 2.96. The number of hydrogen-bond acceptors (Lipinski definition) is 3. The monoisotopic (exact) mass is 277 g/mol. The number of rotatable bonds is 6. The maximum Gasteiger partial charge on any atom is 0.324 e. The number of benzene rings is 1. The molecule has 1 aromatic carbocycles. The highest BCUT2D eigenvalue weighted by Gasteiger charge is 2.45. The standard InChI is InChI=1S/C16H23NO3/c1-3-16(15(18)19)8-5-9-17(16)10-11-20-14-7-4-6-13(2)12-14/h4,6-7,12H,3,5,8-11H2,1-2H3,(H,18,19). The number of carboxylic acid groups (broad SMARTS) is 1. The number of aliphatic carboxylic acids is 1. The number of carbonyl (C=O) groups is 1. The average molecular weight is 277 g/mol. The molecule has 0 aromatic heterocycles. The summed E-state index contributed by atoms with van der Waals surface area (Å²) in [5, 5.41) is 9.50. The Kier molecular flexibility index (Phi) is 4.65. The number of aryl methyl sites for hydroxylation is 1. The molecule has 1 atom stereocenters. The summed E-state index contributed by atoms with van der Waals surface area (Å²) in [6, 6.07) is 7.92. The van der Waals surface area contributed by atoms with Crippen LogP contribution in [0.3, 0.4) is 0 Å². The maximum absolute atomic E-state index is 11.6. The van der Waals surface area contributed by atoms with Gasteiger partial charge in [-0.15, -0.1) is 0 Å². The van der Waals surface area contributed by atoms with Crippen LogP contribution in [0, 0.1) is 6.92 Å². The van der Waals surface area contributed by atoms with Gasteiger partial charge in [-0.3, -0.25) is 9.69 Å². The largest absolute Gasteiger partial charge is 0.492 e. The van der Waals surface area contributed by atoms with Crippen molar-refractivity contribution in [3.8, 4) is 5.75 Å². The number of likely N-dealkylation sites (tertiary alicyclic amines) is 1. The highest BCUT2D eigenvalue weighted by molar-refractivity contribution is 5.79. The molecule has 4 nitrogen and oxygen atoms in total. The van der Waals surface area contributed by atoms with Crippen molar-refractivity contribution in [1.82, 2.24) is 4.90 Å². The van der Waals surface area contributed by atoms with Crippen LogP contribution in [0.25, 0.3) is 0 Å². The molecule has 4 heteroatoms. The molecule has 1 N–H and O–H groups in total. The molecule has 1 unspecified atom stereocenters. The van der Waals surface area contributed by atoms with E-state index in [1.807, 2.05) is 38.1 Å². The Bertz CT molecular complexity index is 475. The number of nitrogens with zero attached hydrogens (tertiary/aromatic N) is 1. The lowest BCUT2D eigenvalue weighted by Crippen LogP contribution is -2.51. The minimum absolute atomic E-state index is 0.526.